The zero-order valence-corrected chi connectivity index (χ0v) is 11.9. The molecular formula is C16H12ClFO3. The fourth-order valence-electron chi connectivity index (χ4n) is 1.76. The molecule has 5 heteroatoms. The van der Waals surface area contributed by atoms with E-state index in [1.807, 2.05) is 0 Å². The number of aryl methyl sites for hydroxylation is 1. The van der Waals surface area contributed by atoms with Crippen molar-refractivity contribution in [2.75, 3.05) is 0 Å². The largest absolute Gasteiger partial charge is 0.478 e. The van der Waals surface area contributed by atoms with Gasteiger partial charge in [-0.1, -0.05) is 23.7 Å². The van der Waals surface area contributed by atoms with E-state index < -0.39 is 11.8 Å². The highest BCUT2D eigenvalue weighted by Crippen LogP contribution is 2.32. The van der Waals surface area contributed by atoms with Gasteiger partial charge in [0.1, 0.15) is 5.75 Å². The molecule has 108 valence electrons. The molecule has 21 heavy (non-hydrogen) atoms. The van der Waals surface area contributed by atoms with Gasteiger partial charge in [-0.15, -0.1) is 0 Å². The van der Waals surface area contributed by atoms with Crippen LogP contribution in [0.25, 0.3) is 6.08 Å². The predicted molar refractivity (Wildman–Crippen MR) is 79.3 cm³/mol. The van der Waals surface area contributed by atoms with Gasteiger partial charge in [-0.05, 0) is 42.8 Å². The van der Waals surface area contributed by atoms with Crippen molar-refractivity contribution in [3.8, 4) is 11.5 Å². The van der Waals surface area contributed by atoms with E-state index >= 15 is 0 Å². The molecule has 0 saturated carbocycles. The number of ether oxygens (including phenoxy) is 1. The summed E-state index contributed by atoms with van der Waals surface area (Å²) in [7, 11) is 0. The van der Waals surface area contributed by atoms with Gasteiger partial charge in [-0.2, -0.15) is 0 Å². The van der Waals surface area contributed by atoms with Crippen molar-refractivity contribution in [1.82, 2.24) is 0 Å². The highest BCUT2D eigenvalue weighted by atomic mass is 35.5. The van der Waals surface area contributed by atoms with Crippen LogP contribution in [-0.4, -0.2) is 11.1 Å². The van der Waals surface area contributed by atoms with Crippen LogP contribution < -0.4 is 4.74 Å². The summed E-state index contributed by atoms with van der Waals surface area (Å²) in [5.41, 5.74) is 1.09. The van der Waals surface area contributed by atoms with Gasteiger partial charge in [0.2, 0.25) is 0 Å². The van der Waals surface area contributed by atoms with Gasteiger partial charge < -0.3 is 9.84 Å². The van der Waals surface area contributed by atoms with Gasteiger partial charge in [0, 0.05) is 16.7 Å². The average molecular weight is 307 g/mol. The number of hydrogen-bond donors (Lipinski definition) is 1. The fraction of sp³-hybridized carbons (Fsp3) is 0.0625. The van der Waals surface area contributed by atoms with Crippen molar-refractivity contribution in [2.45, 2.75) is 6.92 Å². The normalized spacial score (nSPS) is 10.8. The molecule has 2 aromatic carbocycles. The lowest BCUT2D eigenvalue weighted by Gasteiger charge is -2.12. The van der Waals surface area contributed by atoms with Crippen LogP contribution in [0.15, 0.2) is 42.5 Å². The average Bonchev–Trinajstić information content (AvgIpc) is 2.42. The number of aliphatic carboxylic acids is 1. The third kappa shape index (κ3) is 3.83. The second kappa shape index (κ2) is 6.41. The van der Waals surface area contributed by atoms with Crippen LogP contribution in [0.5, 0.6) is 11.5 Å². The van der Waals surface area contributed by atoms with E-state index in [4.69, 9.17) is 21.4 Å². The van der Waals surface area contributed by atoms with E-state index in [1.54, 1.807) is 31.2 Å². The molecule has 0 aliphatic rings. The number of carboxylic acid groups (broad SMARTS) is 1. The molecule has 3 nitrogen and oxygen atoms in total. The first-order valence-electron chi connectivity index (χ1n) is 6.11. The Morgan fingerprint density at radius 2 is 2.10 bits per heavy atom. The van der Waals surface area contributed by atoms with E-state index in [-0.39, 0.29) is 5.75 Å². The van der Waals surface area contributed by atoms with Crippen LogP contribution in [0.4, 0.5) is 4.39 Å². The molecule has 0 heterocycles. The molecule has 0 aromatic heterocycles. The minimum atomic E-state index is -1.12. The highest BCUT2D eigenvalue weighted by Gasteiger charge is 2.11. The summed E-state index contributed by atoms with van der Waals surface area (Å²) in [6.45, 7) is 1.79. The molecule has 0 fully saturated rings. The number of benzene rings is 2. The maximum Gasteiger partial charge on any atom is 0.328 e. The number of carboxylic acids is 1. The van der Waals surface area contributed by atoms with Gasteiger partial charge >= 0.3 is 5.97 Å². The smallest absolute Gasteiger partial charge is 0.328 e. The van der Waals surface area contributed by atoms with Crippen LogP contribution in [0.1, 0.15) is 11.1 Å². The molecule has 2 aromatic rings. The van der Waals surface area contributed by atoms with Gasteiger partial charge in [-0.25, -0.2) is 9.18 Å². The lowest BCUT2D eigenvalue weighted by atomic mass is 10.1. The first-order chi connectivity index (χ1) is 9.97. The zero-order valence-electron chi connectivity index (χ0n) is 11.1. The van der Waals surface area contributed by atoms with Crippen molar-refractivity contribution in [2.24, 2.45) is 0 Å². The van der Waals surface area contributed by atoms with Gasteiger partial charge in [0.05, 0.1) is 0 Å². The van der Waals surface area contributed by atoms with Crippen LogP contribution in [0.3, 0.4) is 0 Å². The molecule has 0 spiro atoms. The number of rotatable bonds is 4. The Balaban J connectivity index is 2.41. The Morgan fingerprint density at radius 1 is 1.33 bits per heavy atom. The Kier molecular flexibility index (Phi) is 4.60. The lowest BCUT2D eigenvalue weighted by molar-refractivity contribution is -0.131. The topological polar surface area (TPSA) is 46.5 Å². The maximum absolute atomic E-state index is 13.9. The van der Waals surface area contributed by atoms with Crippen LogP contribution >= 0.6 is 11.6 Å². The molecule has 1 N–H and O–H groups in total. The van der Waals surface area contributed by atoms with E-state index in [0.717, 1.165) is 11.6 Å². The molecular weight excluding hydrogens is 295 g/mol. The van der Waals surface area contributed by atoms with E-state index in [1.165, 1.54) is 18.2 Å². The molecule has 0 aliphatic carbocycles. The molecule has 0 radical (unpaired) electrons. The lowest BCUT2D eigenvalue weighted by Crippen LogP contribution is -1.94. The molecule has 0 aliphatic heterocycles. The summed E-state index contributed by atoms with van der Waals surface area (Å²) in [5, 5.41) is 9.22. The van der Waals surface area contributed by atoms with Crippen molar-refractivity contribution in [3.63, 3.8) is 0 Å². The second-order valence-corrected chi connectivity index (χ2v) is 4.78. The van der Waals surface area contributed by atoms with Gasteiger partial charge in [0.15, 0.2) is 11.6 Å². The molecule has 2 rings (SSSR count). The Labute approximate surface area is 126 Å². The SMILES string of the molecule is Cc1cc(Cl)ccc1Oc1c(F)cccc1/C=C/C(=O)O. The number of para-hydroxylation sites is 1. The molecule has 0 atom stereocenters. The summed E-state index contributed by atoms with van der Waals surface area (Å²) >= 11 is 5.86. The zero-order chi connectivity index (χ0) is 15.4. The highest BCUT2D eigenvalue weighted by molar-refractivity contribution is 6.30. The minimum Gasteiger partial charge on any atom is -0.478 e. The third-order valence-electron chi connectivity index (χ3n) is 2.75. The van der Waals surface area contributed by atoms with Crippen LogP contribution in [0, 0.1) is 12.7 Å². The minimum absolute atomic E-state index is 0.0274. The van der Waals surface area contributed by atoms with E-state index in [9.17, 15) is 9.18 Å². The summed E-state index contributed by atoms with van der Waals surface area (Å²) < 4.78 is 19.5. The standard InChI is InChI=1S/C16H12ClFO3/c1-10-9-12(17)6-7-14(10)21-16-11(5-8-15(19)20)3-2-4-13(16)18/h2-9H,1H3,(H,19,20)/b8-5+. The molecule has 0 saturated heterocycles. The van der Waals surface area contributed by atoms with Crippen molar-refractivity contribution in [1.29, 1.82) is 0 Å². The van der Waals surface area contributed by atoms with E-state index in [0.29, 0.717) is 16.3 Å². The predicted octanol–water partition coefficient (Wildman–Crippen LogP) is 4.68. The van der Waals surface area contributed by atoms with Crippen molar-refractivity contribution in [3.05, 3.63) is 64.4 Å². The Bertz CT molecular complexity index is 711. The van der Waals surface area contributed by atoms with Gasteiger partial charge in [-0.3, -0.25) is 0 Å². The summed E-state index contributed by atoms with van der Waals surface area (Å²) in [6, 6.07) is 9.27. The third-order valence-corrected chi connectivity index (χ3v) is 2.99. The second-order valence-electron chi connectivity index (χ2n) is 4.34. The summed E-state index contributed by atoms with van der Waals surface area (Å²) in [5.74, 6) is -1.26. The first-order valence-corrected chi connectivity index (χ1v) is 6.48. The van der Waals surface area contributed by atoms with Crippen molar-refractivity contribution >= 4 is 23.6 Å². The molecule has 0 unspecified atom stereocenters. The van der Waals surface area contributed by atoms with Crippen LogP contribution in [0.2, 0.25) is 5.02 Å². The number of carbonyl (C=O) groups is 1. The Morgan fingerprint density at radius 3 is 2.76 bits per heavy atom. The summed E-state index contributed by atoms with van der Waals surface area (Å²) in [4.78, 5) is 10.6. The van der Waals surface area contributed by atoms with E-state index in [2.05, 4.69) is 0 Å². The Hall–Kier alpha value is -2.33. The van der Waals surface area contributed by atoms with Gasteiger partial charge in [0.25, 0.3) is 0 Å². The number of hydrogen-bond acceptors (Lipinski definition) is 2. The first kappa shape index (κ1) is 15.1. The monoisotopic (exact) mass is 306 g/mol. The number of halogens is 2. The fourth-order valence-corrected chi connectivity index (χ4v) is 1.99. The molecule has 0 bridgehead atoms. The summed E-state index contributed by atoms with van der Waals surface area (Å²) in [6.07, 6.45) is 2.21. The maximum atomic E-state index is 13.9. The quantitative estimate of drug-likeness (QED) is 0.834. The van der Waals surface area contributed by atoms with Crippen molar-refractivity contribution < 1.29 is 19.0 Å². The molecule has 0 amide bonds. The van der Waals surface area contributed by atoms with Crippen LogP contribution in [-0.2, 0) is 4.79 Å².